The highest BCUT2D eigenvalue weighted by Gasteiger charge is 2.19. The number of carboxylic acids is 1. The summed E-state index contributed by atoms with van der Waals surface area (Å²) in [6.45, 7) is 2.71. The van der Waals surface area contributed by atoms with Gasteiger partial charge in [-0.05, 0) is 17.5 Å². The number of rotatable bonds is 4. The Labute approximate surface area is 101 Å². The molecular formula is C13H18N2O2. The highest BCUT2D eigenvalue weighted by atomic mass is 16.4. The summed E-state index contributed by atoms with van der Waals surface area (Å²) in [4.78, 5) is 13.1. The van der Waals surface area contributed by atoms with Crippen LogP contribution in [0.25, 0.3) is 0 Å². The molecule has 0 aliphatic carbocycles. The summed E-state index contributed by atoms with van der Waals surface area (Å²) in [6, 6.07) is 8.00. The first-order chi connectivity index (χ1) is 8.15. The van der Waals surface area contributed by atoms with Crippen molar-refractivity contribution in [2.75, 3.05) is 13.1 Å². The maximum Gasteiger partial charge on any atom is 0.307 e. The number of benzene rings is 1. The van der Waals surface area contributed by atoms with Gasteiger partial charge in [0.25, 0.3) is 0 Å². The molecule has 0 spiro atoms. The minimum atomic E-state index is -0.782. The number of likely N-dealkylation sites (tertiary alicyclic amines) is 1. The molecular weight excluding hydrogens is 216 g/mol. The SMILES string of the molecule is N[C@H]1CCN(Cc2ccccc2CC(=O)O)C1. The van der Waals surface area contributed by atoms with Gasteiger partial charge in [-0.25, -0.2) is 0 Å². The van der Waals surface area contributed by atoms with Crippen LogP contribution in [0.2, 0.25) is 0 Å². The maximum absolute atomic E-state index is 10.8. The number of carboxylic acid groups (broad SMARTS) is 1. The van der Waals surface area contributed by atoms with Gasteiger partial charge in [0.15, 0.2) is 0 Å². The van der Waals surface area contributed by atoms with Crippen LogP contribution in [0.4, 0.5) is 0 Å². The Morgan fingerprint density at radius 3 is 2.71 bits per heavy atom. The molecule has 1 aliphatic rings. The second-order valence-corrected chi connectivity index (χ2v) is 4.62. The molecule has 4 nitrogen and oxygen atoms in total. The molecule has 0 amide bonds. The van der Waals surface area contributed by atoms with E-state index in [1.54, 1.807) is 0 Å². The Hall–Kier alpha value is -1.39. The Morgan fingerprint density at radius 2 is 2.12 bits per heavy atom. The highest BCUT2D eigenvalue weighted by molar-refractivity contribution is 5.70. The minimum absolute atomic E-state index is 0.0933. The molecule has 1 fully saturated rings. The zero-order chi connectivity index (χ0) is 12.3. The highest BCUT2D eigenvalue weighted by Crippen LogP contribution is 2.16. The first-order valence-corrected chi connectivity index (χ1v) is 5.91. The van der Waals surface area contributed by atoms with E-state index in [0.29, 0.717) is 0 Å². The summed E-state index contributed by atoms with van der Waals surface area (Å²) in [5.41, 5.74) is 7.87. The van der Waals surface area contributed by atoms with Gasteiger partial charge >= 0.3 is 5.97 Å². The van der Waals surface area contributed by atoms with Gasteiger partial charge in [0, 0.05) is 25.7 Å². The average Bonchev–Trinajstić information content (AvgIpc) is 2.66. The van der Waals surface area contributed by atoms with E-state index in [4.69, 9.17) is 10.8 Å². The second-order valence-electron chi connectivity index (χ2n) is 4.62. The topological polar surface area (TPSA) is 66.6 Å². The quantitative estimate of drug-likeness (QED) is 0.810. The molecule has 92 valence electrons. The molecule has 1 aromatic carbocycles. The standard InChI is InChI=1S/C13H18N2O2/c14-12-5-6-15(9-12)8-11-4-2-1-3-10(11)7-13(16)17/h1-4,12H,5-9,14H2,(H,16,17)/t12-/m0/s1. The monoisotopic (exact) mass is 234 g/mol. The number of hydrogen-bond donors (Lipinski definition) is 2. The lowest BCUT2D eigenvalue weighted by atomic mass is 10.0. The first-order valence-electron chi connectivity index (χ1n) is 5.91. The molecule has 0 radical (unpaired) electrons. The lowest BCUT2D eigenvalue weighted by Gasteiger charge is -2.17. The Kier molecular flexibility index (Phi) is 3.76. The fraction of sp³-hybridized carbons (Fsp3) is 0.462. The van der Waals surface area contributed by atoms with Gasteiger partial charge in [-0.1, -0.05) is 24.3 Å². The summed E-state index contributed by atoms with van der Waals surface area (Å²) in [5.74, 6) is -0.782. The summed E-state index contributed by atoms with van der Waals surface area (Å²) in [7, 11) is 0. The van der Waals surface area contributed by atoms with Crippen LogP contribution >= 0.6 is 0 Å². The van der Waals surface area contributed by atoms with Crippen LogP contribution in [0.3, 0.4) is 0 Å². The van der Waals surface area contributed by atoms with Crippen molar-refractivity contribution in [1.29, 1.82) is 0 Å². The van der Waals surface area contributed by atoms with Crippen LogP contribution in [0.1, 0.15) is 17.5 Å². The number of nitrogens with two attached hydrogens (primary N) is 1. The molecule has 0 aromatic heterocycles. The van der Waals surface area contributed by atoms with Crippen molar-refractivity contribution < 1.29 is 9.90 Å². The second kappa shape index (κ2) is 5.29. The summed E-state index contributed by atoms with van der Waals surface area (Å²) < 4.78 is 0. The third-order valence-corrected chi connectivity index (χ3v) is 3.16. The van der Waals surface area contributed by atoms with Crippen LogP contribution < -0.4 is 5.73 Å². The van der Waals surface area contributed by atoms with Gasteiger partial charge in [-0.2, -0.15) is 0 Å². The molecule has 1 aliphatic heterocycles. The average molecular weight is 234 g/mol. The molecule has 1 saturated heterocycles. The third kappa shape index (κ3) is 3.28. The van der Waals surface area contributed by atoms with Crippen molar-refractivity contribution in [3.05, 3.63) is 35.4 Å². The predicted molar refractivity (Wildman–Crippen MR) is 65.7 cm³/mol. The van der Waals surface area contributed by atoms with Crippen molar-refractivity contribution in [3.63, 3.8) is 0 Å². The molecule has 17 heavy (non-hydrogen) atoms. The van der Waals surface area contributed by atoms with Crippen molar-refractivity contribution in [1.82, 2.24) is 4.90 Å². The van der Waals surface area contributed by atoms with Crippen molar-refractivity contribution in [2.24, 2.45) is 5.73 Å². The van der Waals surface area contributed by atoms with E-state index < -0.39 is 5.97 Å². The lowest BCUT2D eigenvalue weighted by Crippen LogP contribution is -2.26. The molecule has 3 N–H and O–H groups in total. The zero-order valence-corrected chi connectivity index (χ0v) is 9.80. The fourth-order valence-electron chi connectivity index (χ4n) is 2.29. The van der Waals surface area contributed by atoms with Gasteiger partial charge in [-0.3, -0.25) is 9.69 Å². The minimum Gasteiger partial charge on any atom is -0.481 e. The van der Waals surface area contributed by atoms with Crippen molar-refractivity contribution in [3.8, 4) is 0 Å². The molecule has 1 atom stereocenters. The van der Waals surface area contributed by atoms with Gasteiger partial charge in [0.1, 0.15) is 0 Å². The fourth-order valence-corrected chi connectivity index (χ4v) is 2.29. The van der Waals surface area contributed by atoms with Crippen LogP contribution in [0, 0.1) is 0 Å². The largest absolute Gasteiger partial charge is 0.481 e. The smallest absolute Gasteiger partial charge is 0.307 e. The van der Waals surface area contributed by atoms with E-state index in [-0.39, 0.29) is 12.5 Å². The Balaban J connectivity index is 2.06. The molecule has 0 saturated carbocycles. The van der Waals surface area contributed by atoms with E-state index >= 15 is 0 Å². The number of carbonyl (C=O) groups is 1. The molecule has 1 aromatic rings. The summed E-state index contributed by atoms with van der Waals surface area (Å²) in [6.07, 6.45) is 1.12. The number of hydrogen-bond acceptors (Lipinski definition) is 3. The van der Waals surface area contributed by atoms with Crippen LogP contribution in [0.5, 0.6) is 0 Å². The van der Waals surface area contributed by atoms with E-state index in [1.165, 1.54) is 0 Å². The maximum atomic E-state index is 10.8. The normalized spacial score (nSPS) is 20.6. The molecule has 4 heteroatoms. The predicted octanol–water partition coefficient (Wildman–Crippen LogP) is 0.847. The third-order valence-electron chi connectivity index (χ3n) is 3.16. The van der Waals surface area contributed by atoms with E-state index in [2.05, 4.69) is 4.90 Å². The molecule has 0 bridgehead atoms. The van der Waals surface area contributed by atoms with Gasteiger partial charge in [-0.15, -0.1) is 0 Å². The number of aliphatic carboxylic acids is 1. The summed E-state index contributed by atoms with van der Waals surface area (Å²) >= 11 is 0. The van der Waals surface area contributed by atoms with Gasteiger partial charge in [0.05, 0.1) is 6.42 Å². The Morgan fingerprint density at radius 1 is 1.41 bits per heavy atom. The van der Waals surface area contributed by atoms with Gasteiger partial charge < -0.3 is 10.8 Å². The zero-order valence-electron chi connectivity index (χ0n) is 9.80. The van der Waals surface area contributed by atoms with Crippen LogP contribution in [0.15, 0.2) is 24.3 Å². The summed E-state index contributed by atoms with van der Waals surface area (Å²) in [5, 5.41) is 8.86. The molecule has 2 rings (SSSR count). The first kappa shape index (κ1) is 12.1. The van der Waals surface area contributed by atoms with Gasteiger partial charge in [0.2, 0.25) is 0 Å². The lowest BCUT2D eigenvalue weighted by molar-refractivity contribution is -0.136. The molecule has 1 heterocycles. The molecule has 0 unspecified atom stereocenters. The number of nitrogens with zero attached hydrogens (tertiary/aromatic N) is 1. The van der Waals surface area contributed by atoms with E-state index in [0.717, 1.165) is 37.2 Å². The van der Waals surface area contributed by atoms with Crippen LogP contribution in [-0.2, 0) is 17.8 Å². The Bertz CT molecular complexity index is 406. The van der Waals surface area contributed by atoms with Crippen molar-refractivity contribution in [2.45, 2.75) is 25.4 Å². The van der Waals surface area contributed by atoms with Crippen molar-refractivity contribution >= 4 is 5.97 Å². The van der Waals surface area contributed by atoms with Crippen LogP contribution in [-0.4, -0.2) is 35.1 Å². The van der Waals surface area contributed by atoms with E-state index in [9.17, 15) is 4.79 Å². The van der Waals surface area contributed by atoms with E-state index in [1.807, 2.05) is 24.3 Å².